The summed E-state index contributed by atoms with van der Waals surface area (Å²) in [4.78, 5) is 29.2. The van der Waals surface area contributed by atoms with Crippen molar-refractivity contribution in [3.8, 4) is 5.75 Å². The Morgan fingerprint density at radius 3 is 2.60 bits per heavy atom. The number of carbonyl (C=O) groups is 2. The number of sulfonamides is 1. The van der Waals surface area contributed by atoms with Crippen LogP contribution in [0, 0.1) is 5.92 Å². The summed E-state index contributed by atoms with van der Waals surface area (Å²) in [6.07, 6.45) is 1.75. The molecule has 1 aromatic carbocycles. The smallest absolute Gasteiger partial charge is 0.227 e. The van der Waals surface area contributed by atoms with Gasteiger partial charge in [0.25, 0.3) is 0 Å². The number of carbonyl (C=O) groups excluding carboxylic acids is 2. The van der Waals surface area contributed by atoms with E-state index in [0.29, 0.717) is 30.0 Å². The molecule has 0 saturated heterocycles. The molecule has 0 fully saturated rings. The van der Waals surface area contributed by atoms with Crippen LogP contribution in [0.4, 0.5) is 5.69 Å². The second-order valence-corrected chi connectivity index (χ2v) is 11.8. The molecule has 1 aliphatic rings. The van der Waals surface area contributed by atoms with E-state index < -0.39 is 22.2 Å². The van der Waals surface area contributed by atoms with Gasteiger partial charge in [0.15, 0.2) is 0 Å². The number of aliphatic hydroxyl groups is 1. The molecule has 198 valence electrons. The van der Waals surface area contributed by atoms with Crippen molar-refractivity contribution >= 4 is 27.5 Å². The van der Waals surface area contributed by atoms with Crippen molar-refractivity contribution in [3.05, 3.63) is 23.8 Å². The van der Waals surface area contributed by atoms with Crippen LogP contribution in [-0.2, 0) is 26.0 Å². The molecule has 0 spiro atoms. The Balaban J connectivity index is 2.34. The first-order valence-electron chi connectivity index (χ1n) is 11.9. The Bertz CT molecular complexity index is 984. The molecule has 1 heterocycles. The fourth-order valence-electron chi connectivity index (χ4n) is 3.89. The van der Waals surface area contributed by atoms with Gasteiger partial charge in [-0.3, -0.25) is 9.59 Å². The number of nitrogens with zero attached hydrogens (tertiary/aromatic N) is 3. The van der Waals surface area contributed by atoms with Crippen LogP contribution in [0.15, 0.2) is 18.2 Å². The summed E-state index contributed by atoms with van der Waals surface area (Å²) in [6.45, 7) is 4.71. The first-order valence-corrected chi connectivity index (χ1v) is 13.7. The van der Waals surface area contributed by atoms with Gasteiger partial charge in [0.2, 0.25) is 21.8 Å². The number of likely N-dealkylation sites (N-methyl/N-ethyl adjacent to an activating group) is 1. The predicted octanol–water partition coefficient (Wildman–Crippen LogP) is 1.01. The van der Waals surface area contributed by atoms with Crippen molar-refractivity contribution < 1.29 is 27.9 Å². The van der Waals surface area contributed by atoms with Crippen LogP contribution < -0.4 is 10.1 Å². The van der Waals surface area contributed by atoms with Gasteiger partial charge in [-0.25, -0.2) is 12.7 Å². The van der Waals surface area contributed by atoms with Gasteiger partial charge in [-0.2, -0.15) is 0 Å². The Morgan fingerprint density at radius 2 is 2.00 bits per heavy atom. The standard InChI is InChI=1S/C24H40N4O6S/c1-17-14-28(18(2)16-29)24(31)13-19-12-20(25-23(30)8-7-11-26(3)4)9-10-21(19)34-22(17)15-27(5)35(6,32)33/h9-10,12,17-18,22,29H,7-8,11,13-16H2,1-6H3,(H,25,30)/t17-,18+,22+/m1/s1. The molecule has 3 atom stereocenters. The lowest BCUT2D eigenvalue weighted by molar-refractivity contribution is -0.134. The minimum atomic E-state index is -3.43. The third-order valence-corrected chi connectivity index (χ3v) is 7.49. The highest BCUT2D eigenvalue weighted by Crippen LogP contribution is 2.29. The molecular formula is C24H40N4O6S. The molecule has 0 bridgehead atoms. The van der Waals surface area contributed by atoms with Crippen LogP contribution in [-0.4, -0.2) is 105 Å². The van der Waals surface area contributed by atoms with E-state index in [4.69, 9.17) is 4.74 Å². The molecule has 0 aromatic heterocycles. The van der Waals surface area contributed by atoms with E-state index in [1.165, 1.54) is 11.4 Å². The number of ether oxygens (including phenoxy) is 1. The van der Waals surface area contributed by atoms with Crippen LogP contribution in [0.25, 0.3) is 0 Å². The molecule has 0 radical (unpaired) electrons. The Hall–Kier alpha value is -2.21. The monoisotopic (exact) mass is 512 g/mol. The molecule has 0 unspecified atom stereocenters. The third kappa shape index (κ3) is 8.75. The van der Waals surface area contributed by atoms with Gasteiger partial charge < -0.3 is 25.0 Å². The minimum Gasteiger partial charge on any atom is -0.488 e. The normalized spacial score (nSPS) is 20.0. The second kappa shape index (κ2) is 12.7. The lowest BCUT2D eigenvalue weighted by atomic mass is 10.0. The highest BCUT2D eigenvalue weighted by molar-refractivity contribution is 7.88. The zero-order chi connectivity index (χ0) is 26.3. The Morgan fingerprint density at radius 1 is 1.31 bits per heavy atom. The van der Waals surface area contributed by atoms with E-state index in [9.17, 15) is 23.1 Å². The number of amides is 2. The van der Waals surface area contributed by atoms with E-state index >= 15 is 0 Å². The fraction of sp³-hybridized carbons (Fsp3) is 0.667. The lowest BCUT2D eigenvalue weighted by Gasteiger charge is -2.33. The van der Waals surface area contributed by atoms with Gasteiger partial charge in [0.05, 0.1) is 31.9 Å². The maximum Gasteiger partial charge on any atom is 0.227 e. The summed E-state index contributed by atoms with van der Waals surface area (Å²) >= 11 is 0. The maximum atomic E-state index is 13.2. The van der Waals surface area contributed by atoms with E-state index in [1.54, 1.807) is 30.0 Å². The van der Waals surface area contributed by atoms with Gasteiger partial charge in [0.1, 0.15) is 11.9 Å². The molecule has 10 nitrogen and oxygen atoms in total. The summed E-state index contributed by atoms with van der Waals surface area (Å²) in [7, 11) is 1.97. The molecule has 2 rings (SSSR count). The lowest BCUT2D eigenvalue weighted by Crippen LogP contribution is -2.48. The SMILES string of the molecule is C[C@@H]1CN([C@@H](C)CO)C(=O)Cc2cc(NC(=O)CCCN(C)C)ccc2O[C@H]1CN(C)S(C)(=O)=O. The number of fused-ring (bicyclic) bond motifs is 1. The van der Waals surface area contributed by atoms with Crippen molar-refractivity contribution in [3.63, 3.8) is 0 Å². The first kappa shape index (κ1) is 29.0. The van der Waals surface area contributed by atoms with Gasteiger partial charge in [-0.05, 0) is 52.2 Å². The summed E-state index contributed by atoms with van der Waals surface area (Å²) in [5.41, 5.74) is 1.16. The van der Waals surface area contributed by atoms with E-state index in [1.807, 2.05) is 25.9 Å². The number of hydrogen-bond acceptors (Lipinski definition) is 7. The maximum absolute atomic E-state index is 13.2. The topological polar surface area (TPSA) is 119 Å². The van der Waals surface area contributed by atoms with Gasteiger partial charge >= 0.3 is 0 Å². The predicted molar refractivity (Wildman–Crippen MR) is 136 cm³/mol. The highest BCUT2D eigenvalue weighted by atomic mass is 32.2. The van der Waals surface area contributed by atoms with Crippen molar-refractivity contribution in [2.24, 2.45) is 5.92 Å². The molecule has 2 amide bonds. The summed E-state index contributed by atoms with van der Waals surface area (Å²) in [5.74, 6) is -0.0193. The second-order valence-electron chi connectivity index (χ2n) is 9.71. The van der Waals surface area contributed by atoms with Crippen molar-refractivity contribution in [1.29, 1.82) is 0 Å². The first-order chi connectivity index (χ1) is 16.3. The molecule has 0 aliphatic carbocycles. The zero-order valence-corrected chi connectivity index (χ0v) is 22.5. The van der Waals surface area contributed by atoms with Crippen LogP contribution in [0.5, 0.6) is 5.75 Å². The van der Waals surface area contributed by atoms with Gasteiger partial charge in [-0.15, -0.1) is 0 Å². The molecule has 1 aromatic rings. The minimum absolute atomic E-state index is 0.0331. The largest absolute Gasteiger partial charge is 0.488 e. The number of rotatable bonds is 10. The quantitative estimate of drug-likeness (QED) is 0.480. The molecule has 2 N–H and O–H groups in total. The Labute approximate surface area is 209 Å². The van der Waals surface area contributed by atoms with E-state index in [-0.39, 0.29) is 37.3 Å². The number of anilines is 1. The van der Waals surface area contributed by atoms with Crippen molar-refractivity contribution in [2.75, 3.05) is 59.0 Å². The number of benzene rings is 1. The Kier molecular flexibility index (Phi) is 10.5. The third-order valence-electron chi connectivity index (χ3n) is 6.21. The summed E-state index contributed by atoms with van der Waals surface area (Å²) in [5, 5.41) is 12.6. The van der Waals surface area contributed by atoms with E-state index in [0.717, 1.165) is 19.2 Å². The molecule has 0 saturated carbocycles. The molecule has 35 heavy (non-hydrogen) atoms. The average Bonchev–Trinajstić information content (AvgIpc) is 2.80. The van der Waals surface area contributed by atoms with Gasteiger partial charge in [0, 0.05) is 37.2 Å². The molecule has 11 heteroatoms. The zero-order valence-electron chi connectivity index (χ0n) is 21.7. The number of nitrogens with one attached hydrogen (secondary N) is 1. The van der Waals surface area contributed by atoms with Crippen molar-refractivity contribution in [1.82, 2.24) is 14.1 Å². The molecular weight excluding hydrogens is 472 g/mol. The van der Waals surface area contributed by atoms with Crippen LogP contribution >= 0.6 is 0 Å². The van der Waals surface area contributed by atoms with Crippen LogP contribution in [0.3, 0.4) is 0 Å². The number of aliphatic hydroxyl groups excluding tert-OH is 1. The van der Waals surface area contributed by atoms with Crippen LogP contribution in [0.1, 0.15) is 32.3 Å². The molecule has 1 aliphatic heterocycles. The summed E-state index contributed by atoms with van der Waals surface area (Å²) in [6, 6.07) is 4.76. The highest BCUT2D eigenvalue weighted by Gasteiger charge is 2.32. The summed E-state index contributed by atoms with van der Waals surface area (Å²) < 4.78 is 31.6. The fourth-order valence-corrected chi connectivity index (χ4v) is 4.31. The van der Waals surface area contributed by atoms with E-state index in [2.05, 4.69) is 5.32 Å². The van der Waals surface area contributed by atoms with Gasteiger partial charge in [-0.1, -0.05) is 6.92 Å². The van der Waals surface area contributed by atoms with Crippen LogP contribution in [0.2, 0.25) is 0 Å². The van der Waals surface area contributed by atoms with Crippen molar-refractivity contribution in [2.45, 2.75) is 45.3 Å². The average molecular weight is 513 g/mol. The number of hydrogen-bond donors (Lipinski definition) is 2.